The van der Waals surface area contributed by atoms with Gasteiger partial charge in [0.15, 0.2) is 5.82 Å². The van der Waals surface area contributed by atoms with Gasteiger partial charge in [0.1, 0.15) is 6.29 Å². The maximum atomic E-state index is 10.3. The Morgan fingerprint density at radius 2 is 2.25 bits per heavy atom. The lowest BCUT2D eigenvalue weighted by molar-refractivity contribution is -0.107. The number of piperidine rings is 1. The Hall–Kier alpha value is -1.23. The lowest BCUT2D eigenvalue weighted by Crippen LogP contribution is -2.32. The summed E-state index contributed by atoms with van der Waals surface area (Å²) in [6, 6.07) is 0. The summed E-state index contributed by atoms with van der Waals surface area (Å²) in [6.07, 6.45) is 3.18. The highest BCUT2D eigenvalue weighted by molar-refractivity contribution is 5.52. The van der Waals surface area contributed by atoms with Crippen LogP contribution < -0.4 is 0 Å². The zero-order valence-corrected chi connectivity index (χ0v) is 9.56. The maximum absolute atomic E-state index is 10.3. The van der Waals surface area contributed by atoms with Crippen molar-refractivity contribution in [2.75, 3.05) is 19.6 Å². The van der Waals surface area contributed by atoms with Crippen LogP contribution >= 0.6 is 0 Å². The van der Waals surface area contributed by atoms with Gasteiger partial charge in [0.2, 0.25) is 5.89 Å². The van der Waals surface area contributed by atoms with Gasteiger partial charge in [-0.15, -0.1) is 0 Å². The molecule has 1 aliphatic rings. The van der Waals surface area contributed by atoms with E-state index in [1.54, 1.807) is 0 Å². The fourth-order valence-electron chi connectivity index (χ4n) is 2.09. The summed E-state index contributed by atoms with van der Waals surface area (Å²) >= 11 is 0. The molecule has 5 heteroatoms. The van der Waals surface area contributed by atoms with Crippen molar-refractivity contribution in [1.82, 2.24) is 15.0 Å². The van der Waals surface area contributed by atoms with Gasteiger partial charge in [-0.05, 0) is 32.5 Å². The number of rotatable bonds is 4. The van der Waals surface area contributed by atoms with Crippen LogP contribution in [0.1, 0.15) is 37.4 Å². The molecule has 0 spiro atoms. The van der Waals surface area contributed by atoms with E-state index >= 15 is 0 Å². The first-order valence-electron chi connectivity index (χ1n) is 5.82. The third-order valence-corrected chi connectivity index (χ3v) is 3.13. The predicted molar refractivity (Wildman–Crippen MR) is 58.2 cm³/mol. The van der Waals surface area contributed by atoms with Crippen LogP contribution in [0.2, 0.25) is 0 Å². The van der Waals surface area contributed by atoms with E-state index in [-0.39, 0.29) is 6.42 Å². The van der Waals surface area contributed by atoms with E-state index in [4.69, 9.17) is 4.52 Å². The molecule has 0 saturated carbocycles. The molecular weight excluding hydrogens is 206 g/mol. The standard InChI is InChI=1S/C11H17N3O2/c1-2-14-6-3-9(4-7-14)11-12-10(5-8-15)13-16-11/h8-9H,2-7H2,1H3. The molecule has 0 aliphatic carbocycles. The highest BCUT2D eigenvalue weighted by atomic mass is 16.5. The Kier molecular flexibility index (Phi) is 3.66. The third kappa shape index (κ3) is 2.47. The lowest BCUT2D eigenvalue weighted by atomic mass is 9.97. The Balaban J connectivity index is 1.94. The molecule has 88 valence electrons. The van der Waals surface area contributed by atoms with Crippen molar-refractivity contribution in [2.45, 2.75) is 32.1 Å². The Morgan fingerprint density at radius 1 is 1.50 bits per heavy atom. The molecule has 0 unspecified atom stereocenters. The van der Waals surface area contributed by atoms with Gasteiger partial charge in [-0.25, -0.2) is 0 Å². The highest BCUT2D eigenvalue weighted by Crippen LogP contribution is 2.26. The number of aldehydes is 1. The Labute approximate surface area is 94.8 Å². The fourth-order valence-corrected chi connectivity index (χ4v) is 2.09. The van der Waals surface area contributed by atoms with E-state index in [1.165, 1.54) is 0 Å². The molecule has 1 fully saturated rings. The van der Waals surface area contributed by atoms with Crippen LogP contribution in [-0.2, 0) is 11.2 Å². The van der Waals surface area contributed by atoms with Gasteiger partial charge in [-0.1, -0.05) is 12.1 Å². The van der Waals surface area contributed by atoms with Crippen LogP contribution in [0.4, 0.5) is 0 Å². The van der Waals surface area contributed by atoms with Crippen molar-refractivity contribution in [1.29, 1.82) is 0 Å². The quantitative estimate of drug-likeness (QED) is 0.713. The lowest BCUT2D eigenvalue weighted by Gasteiger charge is -2.28. The molecule has 0 radical (unpaired) electrons. The van der Waals surface area contributed by atoms with Gasteiger partial charge < -0.3 is 14.2 Å². The number of hydrogen-bond acceptors (Lipinski definition) is 5. The van der Waals surface area contributed by atoms with Crippen molar-refractivity contribution >= 4 is 6.29 Å². The number of nitrogens with zero attached hydrogens (tertiary/aromatic N) is 3. The van der Waals surface area contributed by atoms with Gasteiger partial charge in [0.25, 0.3) is 0 Å². The normalized spacial score (nSPS) is 18.8. The van der Waals surface area contributed by atoms with E-state index in [1.807, 2.05) is 0 Å². The van der Waals surface area contributed by atoms with Gasteiger partial charge in [-0.3, -0.25) is 0 Å². The second-order valence-corrected chi connectivity index (χ2v) is 4.13. The zero-order chi connectivity index (χ0) is 11.4. The second kappa shape index (κ2) is 5.21. The summed E-state index contributed by atoms with van der Waals surface area (Å²) < 4.78 is 5.19. The number of hydrogen-bond donors (Lipinski definition) is 0. The van der Waals surface area contributed by atoms with Crippen LogP contribution in [0.25, 0.3) is 0 Å². The number of likely N-dealkylation sites (tertiary alicyclic amines) is 1. The van der Waals surface area contributed by atoms with E-state index < -0.39 is 0 Å². The first-order valence-corrected chi connectivity index (χ1v) is 5.82. The average molecular weight is 223 g/mol. The smallest absolute Gasteiger partial charge is 0.229 e. The monoisotopic (exact) mass is 223 g/mol. The van der Waals surface area contributed by atoms with Gasteiger partial charge in [0, 0.05) is 5.92 Å². The van der Waals surface area contributed by atoms with Crippen LogP contribution in [-0.4, -0.2) is 41.0 Å². The van der Waals surface area contributed by atoms with Crippen molar-refractivity contribution in [3.63, 3.8) is 0 Å². The van der Waals surface area contributed by atoms with Gasteiger partial charge >= 0.3 is 0 Å². The number of carbonyl (C=O) groups is 1. The van der Waals surface area contributed by atoms with Crippen LogP contribution in [0, 0.1) is 0 Å². The molecule has 0 aromatic carbocycles. The molecule has 2 heterocycles. The molecule has 16 heavy (non-hydrogen) atoms. The fraction of sp³-hybridized carbons (Fsp3) is 0.727. The molecule has 1 saturated heterocycles. The third-order valence-electron chi connectivity index (χ3n) is 3.13. The van der Waals surface area contributed by atoms with Gasteiger partial charge in [0.05, 0.1) is 6.42 Å². The minimum atomic E-state index is 0.247. The topological polar surface area (TPSA) is 59.2 Å². The maximum Gasteiger partial charge on any atom is 0.229 e. The Morgan fingerprint density at radius 3 is 2.88 bits per heavy atom. The van der Waals surface area contributed by atoms with E-state index in [0.717, 1.165) is 38.8 Å². The summed E-state index contributed by atoms with van der Waals surface area (Å²) in [7, 11) is 0. The molecule has 1 aromatic heterocycles. The van der Waals surface area contributed by atoms with Gasteiger partial charge in [-0.2, -0.15) is 4.98 Å². The highest BCUT2D eigenvalue weighted by Gasteiger charge is 2.24. The van der Waals surface area contributed by atoms with Crippen LogP contribution in [0.3, 0.4) is 0 Å². The van der Waals surface area contributed by atoms with Crippen molar-refractivity contribution < 1.29 is 9.32 Å². The molecular formula is C11H17N3O2. The van der Waals surface area contributed by atoms with Crippen LogP contribution in [0.5, 0.6) is 0 Å². The first-order chi connectivity index (χ1) is 7.83. The predicted octanol–water partition coefficient (Wildman–Crippen LogP) is 1.01. The molecule has 0 bridgehead atoms. The summed E-state index contributed by atoms with van der Waals surface area (Å²) in [6.45, 7) is 5.46. The largest absolute Gasteiger partial charge is 0.339 e. The van der Waals surface area contributed by atoms with Crippen molar-refractivity contribution in [2.24, 2.45) is 0 Å². The SMILES string of the molecule is CCN1CCC(c2nc(CC=O)no2)CC1. The molecule has 0 atom stereocenters. The molecule has 5 nitrogen and oxygen atoms in total. The van der Waals surface area contributed by atoms with Crippen molar-refractivity contribution in [3.8, 4) is 0 Å². The van der Waals surface area contributed by atoms with Crippen LogP contribution in [0.15, 0.2) is 4.52 Å². The number of carbonyl (C=O) groups excluding carboxylic acids is 1. The number of aromatic nitrogens is 2. The van der Waals surface area contributed by atoms with E-state index in [9.17, 15) is 4.79 Å². The molecule has 1 aliphatic heterocycles. The Bertz CT molecular complexity index is 343. The molecule has 2 rings (SSSR count). The average Bonchev–Trinajstić information content (AvgIpc) is 2.78. The summed E-state index contributed by atoms with van der Waals surface area (Å²) in [4.78, 5) is 17.0. The molecule has 1 aromatic rings. The second-order valence-electron chi connectivity index (χ2n) is 4.13. The molecule has 0 N–H and O–H groups in total. The summed E-state index contributed by atoms with van der Waals surface area (Å²) in [5.74, 6) is 1.58. The van der Waals surface area contributed by atoms with Crippen molar-refractivity contribution in [3.05, 3.63) is 11.7 Å². The molecule has 0 amide bonds. The summed E-state index contributed by atoms with van der Waals surface area (Å²) in [5, 5.41) is 3.79. The minimum absolute atomic E-state index is 0.247. The van der Waals surface area contributed by atoms with E-state index in [0.29, 0.717) is 17.6 Å². The van der Waals surface area contributed by atoms with E-state index in [2.05, 4.69) is 22.0 Å². The minimum Gasteiger partial charge on any atom is -0.339 e. The first kappa shape index (κ1) is 11.3. The summed E-state index contributed by atoms with van der Waals surface area (Å²) in [5.41, 5.74) is 0. The zero-order valence-electron chi connectivity index (χ0n) is 9.56.